The lowest BCUT2D eigenvalue weighted by Crippen LogP contribution is -2.44. The van der Waals surface area contributed by atoms with Crippen molar-refractivity contribution < 1.29 is 27.8 Å². The summed E-state index contributed by atoms with van der Waals surface area (Å²) in [4.78, 5) is 14.6. The van der Waals surface area contributed by atoms with Crippen LogP contribution < -0.4 is 10.1 Å². The summed E-state index contributed by atoms with van der Waals surface area (Å²) in [6, 6.07) is 11.4. The normalized spacial score (nSPS) is 19.2. The van der Waals surface area contributed by atoms with E-state index in [0.29, 0.717) is 31.4 Å². The number of nitrogens with one attached hydrogen (secondary N) is 1. The van der Waals surface area contributed by atoms with E-state index in [0.717, 1.165) is 11.6 Å². The standard InChI is InChI=1S/C22H25F3N2O3/c1-30-18-6-4-5-15(13-18)14-27(16-9-11-17(28)12-10-16)21(29)26-20-8-3-2-7-19(20)22(23,24)25/h2-8,13,16-17,28H,9-12,14H2,1H3,(H,26,29). The average molecular weight is 422 g/mol. The molecule has 0 radical (unpaired) electrons. The third-order valence-corrected chi connectivity index (χ3v) is 5.33. The van der Waals surface area contributed by atoms with Crippen molar-refractivity contribution in [1.29, 1.82) is 0 Å². The number of hydrogen-bond acceptors (Lipinski definition) is 3. The lowest BCUT2D eigenvalue weighted by Gasteiger charge is -2.36. The number of hydrogen-bond donors (Lipinski definition) is 2. The molecule has 2 amide bonds. The molecule has 2 N–H and O–H groups in total. The number of anilines is 1. The highest BCUT2D eigenvalue weighted by Gasteiger charge is 2.35. The van der Waals surface area contributed by atoms with Gasteiger partial charge in [0.2, 0.25) is 0 Å². The molecule has 0 spiro atoms. The monoisotopic (exact) mass is 422 g/mol. The van der Waals surface area contributed by atoms with Gasteiger partial charge in [-0.2, -0.15) is 13.2 Å². The minimum absolute atomic E-state index is 0.183. The highest BCUT2D eigenvalue weighted by molar-refractivity contribution is 5.90. The highest BCUT2D eigenvalue weighted by Crippen LogP contribution is 2.35. The van der Waals surface area contributed by atoms with Gasteiger partial charge in [-0.1, -0.05) is 24.3 Å². The zero-order chi connectivity index (χ0) is 21.7. The zero-order valence-corrected chi connectivity index (χ0v) is 16.7. The molecular weight excluding hydrogens is 397 g/mol. The Hall–Kier alpha value is -2.74. The number of para-hydroxylation sites is 1. The van der Waals surface area contributed by atoms with Gasteiger partial charge in [-0.15, -0.1) is 0 Å². The van der Waals surface area contributed by atoms with Gasteiger partial charge < -0.3 is 20.1 Å². The molecule has 2 aromatic carbocycles. The quantitative estimate of drug-likeness (QED) is 0.709. The van der Waals surface area contributed by atoms with Gasteiger partial charge in [-0.05, 0) is 55.5 Å². The van der Waals surface area contributed by atoms with Crippen molar-refractivity contribution in [2.24, 2.45) is 0 Å². The third kappa shape index (κ3) is 5.44. The van der Waals surface area contributed by atoms with Crippen molar-refractivity contribution in [3.05, 3.63) is 59.7 Å². The van der Waals surface area contributed by atoms with Gasteiger partial charge in [0.05, 0.1) is 24.5 Å². The largest absolute Gasteiger partial charge is 0.497 e. The molecule has 5 nitrogen and oxygen atoms in total. The van der Waals surface area contributed by atoms with E-state index in [1.807, 2.05) is 6.07 Å². The first kappa shape index (κ1) is 22.0. The van der Waals surface area contributed by atoms with Gasteiger partial charge in [-0.3, -0.25) is 0 Å². The molecule has 0 bridgehead atoms. The average Bonchev–Trinajstić information content (AvgIpc) is 2.72. The smallest absolute Gasteiger partial charge is 0.418 e. The zero-order valence-electron chi connectivity index (χ0n) is 16.7. The summed E-state index contributed by atoms with van der Waals surface area (Å²) in [6.07, 6.45) is -2.72. The number of halogens is 3. The molecule has 0 heterocycles. The third-order valence-electron chi connectivity index (χ3n) is 5.33. The van der Waals surface area contributed by atoms with Crippen LogP contribution in [0.4, 0.5) is 23.7 Å². The number of alkyl halides is 3. The summed E-state index contributed by atoms with van der Waals surface area (Å²) in [5.41, 5.74) is -0.361. The molecule has 1 fully saturated rings. The molecule has 0 aliphatic heterocycles. The molecule has 0 saturated heterocycles. The van der Waals surface area contributed by atoms with E-state index >= 15 is 0 Å². The van der Waals surface area contributed by atoms with E-state index < -0.39 is 23.9 Å². The van der Waals surface area contributed by atoms with E-state index in [1.165, 1.54) is 18.2 Å². The molecule has 3 rings (SSSR count). The Morgan fingerprint density at radius 3 is 2.50 bits per heavy atom. The second kappa shape index (κ2) is 9.38. The topological polar surface area (TPSA) is 61.8 Å². The number of ether oxygens (including phenoxy) is 1. The van der Waals surface area contributed by atoms with E-state index in [4.69, 9.17) is 4.74 Å². The van der Waals surface area contributed by atoms with Crippen LogP contribution in [0.2, 0.25) is 0 Å². The van der Waals surface area contributed by atoms with Gasteiger partial charge in [0.1, 0.15) is 5.75 Å². The van der Waals surface area contributed by atoms with Crippen molar-refractivity contribution in [3.63, 3.8) is 0 Å². The Morgan fingerprint density at radius 1 is 1.13 bits per heavy atom. The molecule has 1 aliphatic carbocycles. The van der Waals surface area contributed by atoms with Gasteiger partial charge >= 0.3 is 12.2 Å². The van der Waals surface area contributed by atoms with Gasteiger partial charge in [-0.25, -0.2) is 4.79 Å². The van der Waals surface area contributed by atoms with Crippen LogP contribution in [0, 0.1) is 0 Å². The first-order valence-corrected chi connectivity index (χ1v) is 9.82. The van der Waals surface area contributed by atoms with Crippen molar-refractivity contribution in [2.45, 2.75) is 50.6 Å². The van der Waals surface area contributed by atoms with E-state index in [2.05, 4.69) is 5.32 Å². The maximum Gasteiger partial charge on any atom is 0.418 e. The minimum atomic E-state index is -4.57. The van der Waals surface area contributed by atoms with E-state index in [-0.39, 0.29) is 18.3 Å². The van der Waals surface area contributed by atoms with E-state index in [1.54, 1.807) is 30.2 Å². The van der Waals surface area contributed by atoms with Crippen molar-refractivity contribution in [3.8, 4) is 5.75 Å². The van der Waals surface area contributed by atoms with Crippen LogP contribution in [0.25, 0.3) is 0 Å². The number of aliphatic hydroxyl groups excluding tert-OH is 1. The number of carbonyl (C=O) groups excluding carboxylic acids is 1. The molecule has 162 valence electrons. The van der Waals surface area contributed by atoms with Crippen LogP contribution >= 0.6 is 0 Å². The lowest BCUT2D eigenvalue weighted by molar-refractivity contribution is -0.136. The molecule has 0 aromatic heterocycles. The van der Waals surface area contributed by atoms with Crippen LogP contribution in [0.15, 0.2) is 48.5 Å². The molecular formula is C22H25F3N2O3. The first-order valence-electron chi connectivity index (χ1n) is 9.82. The molecule has 2 aromatic rings. The first-order chi connectivity index (χ1) is 14.3. The summed E-state index contributed by atoms with van der Waals surface area (Å²) in [5, 5.41) is 12.3. The van der Waals surface area contributed by atoms with Crippen molar-refractivity contribution >= 4 is 11.7 Å². The number of aliphatic hydroxyl groups is 1. The summed E-state index contributed by atoms with van der Waals surface area (Å²) in [7, 11) is 1.54. The van der Waals surface area contributed by atoms with Crippen molar-refractivity contribution in [1.82, 2.24) is 4.90 Å². The molecule has 8 heteroatoms. The van der Waals surface area contributed by atoms with E-state index in [9.17, 15) is 23.1 Å². The molecule has 1 saturated carbocycles. The fraction of sp³-hybridized carbons (Fsp3) is 0.409. The van der Waals surface area contributed by atoms with Crippen LogP contribution in [-0.4, -0.2) is 35.3 Å². The maximum atomic E-state index is 13.3. The summed E-state index contributed by atoms with van der Waals surface area (Å²) < 4.78 is 45.2. The van der Waals surface area contributed by atoms with Crippen LogP contribution in [0.3, 0.4) is 0 Å². The Morgan fingerprint density at radius 2 is 1.83 bits per heavy atom. The van der Waals surface area contributed by atoms with Crippen LogP contribution in [0.5, 0.6) is 5.75 Å². The Balaban J connectivity index is 1.85. The Kier molecular flexibility index (Phi) is 6.87. The fourth-order valence-corrected chi connectivity index (χ4v) is 3.73. The Labute approximate surface area is 173 Å². The number of nitrogens with zero attached hydrogens (tertiary/aromatic N) is 1. The second-order valence-corrected chi connectivity index (χ2v) is 7.42. The number of rotatable bonds is 5. The lowest BCUT2D eigenvalue weighted by atomic mass is 9.92. The second-order valence-electron chi connectivity index (χ2n) is 7.42. The van der Waals surface area contributed by atoms with Gasteiger partial charge in [0.25, 0.3) is 0 Å². The Bertz CT molecular complexity index is 865. The number of methoxy groups -OCH3 is 1. The number of benzene rings is 2. The highest BCUT2D eigenvalue weighted by atomic mass is 19.4. The summed E-state index contributed by atoms with van der Waals surface area (Å²) >= 11 is 0. The SMILES string of the molecule is COc1cccc(CN(C(=O)Nc2ccccc2C(F)(F)F)C2CCC(O)CC2)c1. The molecule has 0 atom stereocenters. The molecule has 30 heavy (non-hydrogen) atoms. The number of urea groups is 1. The summed E-state index contributed by atoms with van der Waals surface area (Å²) in [5.74, 6) is 0.634. The van der Waals surface area contributed by atoms with Gasteiger partial charge in [0.15, 0.2) is 0 Å². The van der Waals surface area contributed by atoms with Crippen LogP contribution in [0.1, 0.15) is 36.8 Å². The van der Waals surface area contributed by atoms with Crippen molar-refractivity contribution in [2.75, 3.05) is 12.4 Å². The predicted octanol–water partition coefficient (Wildman–Crippen LogP) is 5.05. The number of carbonyl (C=O) groups is 1. The van der Waals surface area contributed by atoms with Gasteiger partial charge in [0, 0.05) is 12.6 Å². The molecule has 1 aliphatic rings. The maximum absolute atomic E-state index is 13.3. The minimum Gasteiger partial charge on any atom is -0.497 e. The fourth-order valence-electron chi connectivity index (χ4n) is 3.73. The van der Waals surface area contributed by atoms with Crippen LogP contribution in [-0.2, 0) is 12.7 Å². The molecule has 0 unspecified atom stereocenters. The number of amides is 2. The summed E-state index contributed by atoms with van der Waals surface area (Å²) in [6.45, 7) is 0.220. The predicted molar refractivity (Wildman–Crippen MR) is 107 cm³/mol.